The van der Waals surface area contributed by atoms with Crippen LogP contribution in [-0.4, -0.2) is 21.5 Å². The van der Waals surface area contributed by atoms with Crippen LogP contribution in [0.4, 0.5) is 0 Å². The number of fused-ring (bicyclic) bond motifs is 2. The van der Waals surface area contributed by atoms with E-state index in [0.29, 0.717) is 34.8 Å². The van der Waals surface area contributed by atoms with E-state index in [-0.39, 0.29) is 6.04 Å². The summed E-state index contributed by atoms with van der Waals surface area (Å²) in [6, 6.07) is 24.1. The minimum absolute atomic E-state index is 0.00589. The summed E-state index contributed by atoms with van der Waals surface area (Å²) in [5.41, 5.74) is 3.98. The van der Waals surface area contributed by atoms with E-state index in [1.54, 1.807) is 6.07 Å². The Morgan fingerprint density at radius 2 is 1.68 bits per heavy atom. The number of nitrogens with zero attached hydrogens (tertiary/aromatic N) is 2. The van der Waals surface area contributed by atoms with Gasteiger partial charge in [-0.3, -0.25) is 4.90 Å². The fourth-order valence-electron chi connectivity index (χ4n) is 5.04. The van der Waals surface area contributed by atoms with E-state index in [4.69, 9.17) is 44.5 Å². The Bertz CT molecular complexity index is 1570. The van der Waals surface area contributed by atoms with E-state index >= 15 is 0 Å². The molecule has 1 atom stereocenters. The van der Waals surface area contributed by atoms with E-state index in [9.17, 15) is 0 Å². The maximum Gasteiger partial charge on any atom is 0.124 e. The maximum absolute atomic E-state index is 6.69. The number of nitrogens with one attached hydrogen (secondary N) is 1. The van der Waals surface area contributed by atoms with Gasteiger partial charge in [0.15, 0.2) is 0 Å². The molecule has 4 aromatic carbocycles. The van der Waals surface area contributed by atoms with Crippen molar-refractivity contribution in [1.29, 1.82) is 0 Å². The van der Waals surface area contributed by atoms with Crippen LogP contribution < -0.4 is 4.74 Å². The van der Waals surface area contributed by atoms with Crippen LogP contribution in [0.15, 0.2) is 72.8 Å². The van der Waals surface area contributed by atoms with Crippen LogP contribution in [0.3, 0.4) is 0 Å². The molecule has 1 aromatic heterocycles. The smallest absolute Gasteiger partial charge is 0.124 e. The second-order valence-electron chi connectivity index (χ2n) is 9.43. The van der Waals surface area contributed by atoms with Gasteiger partial charge in [0.05, 0.1) is 23.7 Å². The van der Waals surface area contributed by atoms with Crippen molar-refractivity contribution in [3.05, 3.63) is 105 Å². The summed E-state index contributed by atoms with van der Waals surface area (Å²) in [5, 5.41) is 4.31. The van der Waals surface area contributed by atoms with Gasteiger partial charge in [-0.2, -0.15) is 0 Å². The predicted octanol–water partition coefficient (Wildman–Crippen LogP) is 9.62. The van der Waals surface area contributed by atoms with Gasteiger partial charge in [-0.15, -0.1) is 0 Å². The summed E-state index contributed by atoms with van der Waals surface area (Å²) in [7, 11) is 0. The van der Waals surface area contributed by atoms with E-state index in [1.165, 1.54) is 10.8 Å². The molecule has 38 heavy (non-hydrogen) atoms. The largest absolute Gasteiger partial charge is 0.494 e. The lowest BCUT2D eigenvalue weighted by molar-refractivity contribution is 0.160. The lowest BCUT2D eigenvalue weighted by Crippen LogP contribution is -2.29. The molecule has 1 unspecified atom stereocenters. The van der Waals surface area contributed by atoms with Crippen LogP contribution in [-0.2, 0) is 13.1 Å². The van der Waals surface area contributed by atoms with Crippen molar-refractivity contribution in [1.82, 2.24) is 14.9 Å². The molecule has 5 rings (SSSR count). The summed E-state index contributed by atoms with van der Waals surface area (Å²) in [6.07, 6.45) is 1.90. The number of hydrogen-bond donors (Lipinski definition) is 1. The van der Waals surface area contributed by atoms with Gasteiger partial charge in [-0.1, -0.05) is 84.5 Å². The molecule has 1 heterocycles. The van der Waals surface area contributed by atoms with E-state index in [1.807, 2.05) is 37.3 Å². The third-order valence-corrected chi connectivity index (χ3v) is 7.65. The number of aromatic amines is 1. The minimum atomic E-state index is 0.00589. The van der Waals surface area contributed by atoms with Gasteiger partial charge < -0.3 is 9.72 Å². The number of benzene rings is 4. The SMILES string of the molecule is CCCC(c1nc2ccc(Cl)cc2[nH]1)N(Cc1ccc(Cl)cc1Cl)Cc1c(OCC)ccc2ccccc12. The monoisotopic (exact) mass is 565 g/mol. The number of imidazole rings is 1. The summed E-state index contributed by atoms with van der Waals surface area (Å²) in [5.74, 6) is 1.80. The van der Waals surface area contributed by atoms with Crippen LogP contribution in [0.1, 0.15) is 49.7 Å². The highest BCUT2D eigenvalue weighted by atomic mass is 35.5. The Kier molecular flexibility index (Phi) is 8.45. The molecule has 0 amide bonds. The van der Waals surface area contributed by atoms with Gasteiger partial charge >= 0.3 is 0 Å². The number of hydrogen-bond acceptors (Lipinski definition) is 3. The van der Waals surface area contributed by atoms with E-state index < -0.39 is 0 Å². The molecule has 5 aromatic rings. The Morgan fingerprint density at radius 1 is 0.895 bits per heavy atom. The van der Waals surface area contributed by atoms with Crippen LogP contribution in [0.25, 0.3) is 21.8 Å². The van der Waals surface area contributed by atoms with Crippen LogP contribution in [0.2, 0.25) is 15.1 Å². The first kappa shape index (κ1) is 26.8. The molecule has 0 saturated carbocycles. The van der Waals surface area contributed by atoms with Crippen LogP contribution >= 0.6 is 34.8 Å². The van der Waals surface area contributed by atoms with Crippen molar-refractivity contribution in [2.75, 3.05) is 6.61 Å². The van der Waals surface area contributed by atoms with E-state index in [2.05, 4.69) is 53.2 Å². The quantitative estimate of drug-likeness (QED) is 0.183. The standard InChI is InChI=1S/C31H30Cl3N3O/c1-3-7-29(31-35-27-14-13-23(33)17-28(27)36-31)37(18-21-10-12-22(32)16-26(21)34)19-25-24-9-6-5-8-20(24)11-15-30(25)38-4-2/h5-6,8-17,29H,3-4,7,18-19H2,1-2H3,(H,35,36). The molecule has 0 aliphatic heterocycles. The van der Waals surface area contributed by atoms with Crippen LogP contribution in [0, 0.1) is 0 Å². The molecule has 196 valence electrons. The number of halogens is 3. The number of rotatable bonds is 10. The number of aromatic nitrogens is 2. The lowest BCUT2D eigenvalue weighted by Gasteiger charge is -2.32. The van der Waals surface area contributed by atoms with Crippen LogP contribution in [0.5, 0.6) is 5.75 Å². The first-order valence-electron chi connectivity index (χ1n) is 12.9. The first-order valence-corrected chi connectivity index (χ1v) is 14.1. The molecule has 7 heteroatoms. The van der Waals surface area contributed by atoms with Crippen molar-refractivity contribution in [3.8, 4) is 5.75 Å². The topological polar surface area (TPSA) is 41.2 Å². The fraction of sp³-hybridized carbons (Fsp3) is 0.258. The van der Waals surface area contributed by atoms with Crippen molar-refractivity contribution < 1.29 is 4.74 Å². The molecule has 0 aliphatic rings. The average Bonchev–Trinajstić information content (AvgIpc) is 3.32. The van der Waals surface area contributed by atoms with Crippen molar-refractivity contribution in [3.63, 3.8) is 0 Å². The summed E-state index contributed by atoms with van der Waals surface area (Å²) in [4.78, 5) is 11.0. The Morgan fingerprint density at radius 3 is 2.47 bits per heavy atom. The highest BCUT2D eigenvalue weighted by molar-refractivity contribution is 6.35. The molecule has 0 aliphatic carbocycles. The maximum atomic E-state index is 6.69. The number of H-pyrrole nitrogens is 1. The van der Waals surface area contributed by atoms with Gasteiger partial charge in [-0.25, -0.2) is 4.98 Å². The van der Waals surface area contributed by atoms with E-state index in [0.717, 1.165) is 46.6 Å². The van der Waals surface area contributed by atoms with Crippen molar-refractivity contribution in [2.24, 2.45) is 0 Å². The van der Waals surface area contributed by atoms with Gasteiger partial charge in [0.1, 0.15) is 11.6 Å². The Labute approximate surface area is 238 Å². The third kappa shape index (κ3) is 5.79. The van der Waals surface area contributed by atoms with Crippen molar-refractivity contribution in [2.45, 2.75) is 45.8 Å². The zero-order valence-electron chi connectivity index (χ0n) is 21.5. The molecule has 0 fully saturated rings. The highest BCUT2D eigenvalue weighted by Gasteiger charge is 2.26. The lowest BCUT2D eigenvalue weighted by atomic mass is 10.0. The number of ether oxygens (including phenoxy) is 1. The molecule has 0 spiro atoms. The molecular formula is C31H30Cl3N3O. The Hall–Kier alpha value is -2.76. The molecule has 4 nitrogen and oxygen atoms in total. The molecular weight excluding hydrogens is 537 g/mol. The second kappa shape index (κ2) is 12.0. The molecule has 0 saturated heterocycles. The molecule has 0 radical (unpaired) electrons. The molecule has 1 N–H and O–H groups in total. The summed E-state index contributed by atoms with van der Waals surface area (Å²) >= 11 is 19.2. The highest BCUT2D eigenvalue weighted by Crippen LogP contribution is 2.36. The van der Waals surface area contributed by atoms with Gasteiger partial charge in [0.25, 0.3) is 0 Å². The molecule has 0 bridgehead atoms. The second-order valence-corrected chi connectivity index (χ2v) is 10.7. The fourth-order valence-corrected chi connectivity index (χ4v) is 5.68. The predicted molar refractivity (Wildman–Crippen MR) is 160 cm³/mol. The zero-order valence-corrected chi connectivity index (χ0v) is 23.7. The minimum Gasteiger partial charge on any atom is -0.494 e. The van der Waals surface area contributed by atoms with Crippen molar-refractivity contribution >= 4 is 56.6 Å². The normalized spacial score (nSPS) is 12.5. The Balaban J connectivity index is 1.63. The summed E-state index contributed by atoms with van der Waals surface area (Å²) in [6.45, 7) is 6.08. The third-order valence-electron chi connectivity index (χ3n) is 6.83. The first-order chi connectivity index (χ1) is 18.5. The summed E-state index contributed by atoms with van der Waals surface area (Å²) < 4.78 is 6.13. The van der Waals surface area contributed by atoms with Gasteiger partial charge in [-0.05, 0) is 66.1 Å². The van der Waals surface area contributed by atoms with Gasteiger partial charge in [0.2, 0.25) is 0 Å². The zero-order chi connectivity index (χ0) is 26.6. The van der Waals surface area contributed by atoms with Gasteiger partial charge in [0, 0.05) is 33.7 Å². The average molecular weight is 567 g/mol.